The molecule has 2 aliphatic heterocycles. The van der Waals surface area contributed by atoms with E-state index in [9.17, 15) is 14.7 Å². The summed E-state index contributed by atoms with van der Waals surface area (Å²) in [6, 6.07) is 11.4. The van der Waals surface area contributed by atoms with Gasteiger partial charge in [0.2, 0.25) is 5.91 Å². The Morgan fingerprint density at radius 3 is 2.77 bits per heavy atom. The number of likely N-dealkylation sites (tertiary alicyclic amines) is 1. The molecule has 210 valence electrons. The van der Waals surface area contributed by atoms with E-state index in [1.807, 2.05) is 53.2 Å². The molecule has 0 aliphatic carbocycles. The molecule has 2 aromatic heterocycles. The fraction of sp³-hybridized carbons (Fsp3) is 0.452. The Kier molecular flexibility index (Phi) is 8.69. The average Bonchev–Trinajstić information content (AvgIpc) is 3.57. The number of carboxylic acid groups (broad SMARTS) is 1. The number of amides is 1. The Morgan fingerprint density at radius 1 is 1.20 bits per heavy atom. The Hall–Kier alpha value is -3.85. The maximum atomic E-state index is 13.9. The molecular formula is C31H38N5O4+. The minimum Gasteiger partial charge on any atom is -0.493 e. The highest BCUT2D eigenvalue weighted by atomic mass is 16.5. The molecule has 9 heteroatoms. The number of ether oxygens (including phenoxy) is 1. The number of carboxylic acids is 1. The molecule has 1 aromatic carbocycles. The van der Waals surface area contributed by atoms with Gasteiger partial charge < -0.3 is 14.7 Å². The summed E-state index contributed by atoms with van der Waals surface area (Å²) in [5.41, 5.74) is 2.96. The van der Waals surface area contributed by atoms with E-state index >= 15 is 0 Å². The van der Waals surface area contributed by atoms with Crippen LogP contribution in [-0.4, -0.2) is 64.1 Å². The number of carbonyl (C=O) groups excluding carboxylic acids is 1. The molecule has 4 heterocycles. The van der Waals surface area contributed by atoms with Gasteiger partial charge in [0.15, 0.2) is 12.4 Å². The fourth-order valence-corrected chi connectivity index (χ4v) is 6.07. The molecule has 3 atom stereocenters. The Morgan fingerprint density at radius 2 is 2.02 bits per heavy atom. The molecule has 1 saturated heterocycles. The van der Waals surface area contributed by atoms with Gasteiger partial charge in [-0.1, -0.05) is 25.5 Å². The second-order valence-corrected chi connectivity index (χ2v) is 10.8. The summed E-state index contributed by atoms with van der Waals surface area (Å²) >= 11 is 0. The van der Waals surface area contributed by atoms with Crippen LogP contribution in [0.3, 0.4) is 0 Å². The first kappa shape index (κ1) is 27.7. The number of hydrogen-bond acceptors (Lipinski definition) is 6. The Bertz CT molecular complexity index is 1330. The molecule has 2 aliphatic rings. The summed E-state index contributed by atoms with van der Waals surface area (Å²) in [5.74, 6) is -0.202. The molecule has 1 N–H and O–H groups in total. The predicted molar refractivity (Wildman–Crippen MR) is 150 cm³/mol. The molecule has 9 nitrogen and oxygen atoms in total. The van der Waals surface area contributed by atoms with Crippen LogP contribution >= 0.6 is 0 Å². The minimum absolute atomic E-state index is 0.0206. The second-order valence-electron chi connectivity index (χ2n) is 10.8. The van der Waals surface area contributed by atoms with E-state index in [-0.39, 0.29) is 24.4 Å². The molecule has 0 radical (unpaired) electrons. The van der Waals surface area contributed by atoms with E-state index in [2.05, 4.69) is 27.9 Å². The lowest BCUT2D eigenvalue weighted by Gasteiger charge is -2.29. The molecule has 1 fully saturated rings. The van der Waals surface area contributed by atoms with Gasteiger partial charge in [-0.25, -0.2) is 14.5 Å². The van der Waals surface area contributed by atoms with Crippen LogP contribution in [0.1, 0.15) is 49.1 Å². The summed E-state index contributed by atoms with van der Waals surface area (Å²) in [6.07, 6.45) is 11.1. The number of fused-ring (bicyclic) bond motifs is 1. The van der Waals surface area contributed by atoms with Crippen molar-refractivity contribution in [2.75, 3.05) is 31.1 Å². The van der Waals surface area contributed by atoms with Gasteiger partial charge in [-0.3, -0.25) is 14.5 Å². The number of aromatic nitrogens is 3. The summed E-state index contributed by atoms with van der Waals surface area (Å²) in [6.45, 7) is 4.02. The van der Waals surface area contributed by atoms with Crippen LogP contribution in [0.25, 0.3) is 0 Å². The molecule has 0 bridgehead atoms. The van der Waals surface area contributed by atoms with Crippen LogP contribution in [0.4, 0.5) is 5.69 Å². The lowest BCUT2D eigenvalue weighted by molar-refractivity contribution is -0.670. The fourth-order valence-electron chi connectivity index (χ4n) is 6.07. The summed E-state index contributed by atoms with van der Waals surface area (Å²) in [4.78, 5) is 39.4. The standard InChI is InChI=1S/C31H37N5O4/c1-3-4-16-36(24-7-5-15-34(2)19-24)29(37)21-35-20-25(22-8-10-27-23(18-22)12-17-40-27)30(31(38)39)26(35)9-11-28-32-13-6-14-33-28/h5-8,10,13-15,18-19,25-26,30H,3-4,9,11-12,16-17,20-21H2,1-2H3/p+1/t25-,26+,30-/m1/s1. The smallest absolute Gasteiger partial charge is 0.308 e. The number of carbonyl (C=O) groups is 2. The maximum absolute atomic E-state index is 13.9. The van der Waals surface area contributed by atoms with Gasteiger partial charge in [-0.05, 0) is 42.2 Å². The molecule has 0 saturated carbocycles. The first-order chi connectivity index (χ1) is 19.4. The first-order valence-corrected chi connectivity index (χ1v) is 14.2. The highest BCUT2D eigenvalue weighted by Crippen LogP contribution is 2.41. The zero-order valence-electron chi connectivity index (χ0n) is 23.3. The highest BCUT2D eigenvalue weighted by Gasteiger charge is 2.47. The average molecular weight is 545 g/mol. The molecule has 1 amide bonds. The van der Waals surface area contributed by atoms with Crippen molar-refractivity contribution >= 4 is 17.6 Å². The molecule has 3 aromatic rings. The number of anilines is 1. The van der Waals surface area contributed by atoms with Crippen LogP contribution in [0.5, 0.6) is 5.75 Å². The van der Waals surface area contributed by atoms with Crippen molar-refractivity contribution in [3.05, 3.63) is 78.1 Å². The number of aliphatic carboxylic acids is 1. The summed E-state index contributed by atoms with van der Waals surface area (Å²) in [7, 11) is 1.94. The quantitative estimate of drug-likeness (QED) is 0.370. The van der Waals surface area contributed by atoms with Crippen LogP contribution < -0.4 is 14.2 Å². The van der Waals surface area contributed by atoms with E-state index in [0.717, 1.165) is 41.8 Å². The second kappa shape index (κ2) is 12.6. The molecule has 0 unspecified atom stereocenters. The monoisotopic (exact) mass is 544 g/mol. The number of rotatable bonds is 11. The van der Waals surface area contributed by atoms with Gasteiger partial charge in [-0.15, -0.1) is 0 Å². The lowest BCUT2D eigenvalue weighted by atomic mass is 9.83. The number of aryl methyl sites for hydroxylation is 2. The number of hydrogen-bond donors (Lipinski definition) is 1. The zero-order chi connectivity index (χ0) is 28.1. The van der Waals surface area contributed by atoms with Crippen LogP contribution in [-0.2, 0) is 29.5 Å². The van der Waals surface area contributed by atoms with Crippen molar-refractivity contribution in [1.82, 2.24) is 14.9 Å². The minimum atomic E-state index is -0.839. The third-order valence-electron chi connectivity index (χ3n) is 8.07. The van der Waals surface area contributed by atoms with Crippen molar-refractivity contribution < 1.29 is 24.0 Å². The third-order valence-corrected chi connectivity index (χ3v) is 8.07. The van der Waals surface area contributed by atoms with Gasteiger partial charge >= 0.3 is 5.97 Å². The SMILES string of the molecule is CCCCN(C(=O)CN1C[C@H](c2ccc3c(c2)CCO3)[C@@H](C(=O)O)[C@@H]1CCc1ncccn1)c1ccc[n+](C)c1. The van der Waals surface area contributed by atoms with E-state index in [1.165, 1.54) is 0 Å². The molecule has 40 heavy (non-hydrogen) atoms. The van der Waals surface area contributed by atoms with E-state index < -0.39 is 11.9 Å². The van der Waals surface area contributed by atoms with Gasteiger partial charge in [0.25, 0.3) is 0 Å². The predicted octanol–water partition coefficient (Wildman–Crippen LogP) is 3.17. The normalized spacial score (nSPS) is 20.2. The van der Waals surface area contributed by atoms with Gasteiger partial charge in [0, 0.05) is 56.4 Å². The maximum Gasteiger partial charge on any atom is 0.308 e. The largest absolute Gasteiger partial charge is 0.493 e. The highest BCUT2D eigenvalue weighted by molar-refractivity contribution is 5.94. The van der Waals surface area contributed by atoms with E-state index in [1.54, 1.807) is 18.5 Å². The lowest BCUT2D eigenvalue weighted by Crippen LogP contribution is -2.45. The third kappa shape index (κ3) is 6.14. The topological polar surface area (TPSA) is 99.7 Å². The number of pyridine rings is 1. The van der Waals surface area contributed by atoms with Crippen molar-refractivity contribution in [2.24, 2.45) is 13.0 Å². The Labute approximate surface area is 235 Å². The molecule has 5 rings (SSSR count). The first-order valence-electron chi connectivity index (χ1n) is 14.2. The number of unbranched alkanes of at least 4 members (excludes halogenated alkanes) is 1. The molecular weight excluding hydrogens is 506 g/mol. The van der Waals surface area contributed by atoms with E-state index in [0.29, 0.717) is 38.4 Å². The van der Waals surface area contributed by atoms with Gasteiger partial charge in [-0.2, -0.15) is 0 Å². The van der Waals surface area contributed by atoms with Crippen LogP contribution in [0.15, 0.2) is 61.2 Å². The van der Waals surface area contributed by atoms with Crippen LogP contribution in [0, 0.1) is 5.92 Å². The molecule has 0 spiro atoms. The summed E-state index contributed by atoms with van der Waals surface area (Å²) in [5, 5.41) is 10.5. The van der Waals surface area contributed by atoms with Crippen molar-refractivity contribution in [3.63, 3.8) is 0 Å². The number of nitrogens with zero attached hydrogens (tertiary/aromatic N) is 5. The van der Waals surface area contributed by atoms with Gasteiger partial charge in [0.1, 0.15) is 24.3 Å². The zero-order valence-corrected chi connectivity index (χ0v) is 23.3. The summed E-state index contributed by atoms with van der Waals surface area (Å²) < 4.78 is 7.63. The van der Waals surface area contributed by atoms with Crippen molar-refractivity contribution in [2.45, 2.75) is 51.0 Å². The number of benzene rings is 1. The van der Waals surface area contributed by atoms with Crippen molar-refractivity contribution in [1.29, 1.82) is 0 Å². The van der Waals surface area contributed by atoms with E-state index in [4.69, 9.17) is 4.74 Å². The van der Waals surface area contributed by atoms with Gasteiger partial charge in [0.05, 0.1) is 19.1 Å². The van der Waals surface area contributed by atoms with Crippen LogP contribution in [0.2, 0.25) is 0 Å². The Balaban J connectivity index is 1.44. The van der Waals surface area contributed by atoms with Crippen molar-refractivity contribution in [3.8, 4) is 5.75 Å².